The Balaban J connectivity index is 1.80. The number of hydrogen-bond donors (Lipinski definition) is 0. The van der Waals surface area contributed by atoms with Crippen LogP contribution in [0.15, 0.2) is 18.2 Å². The Morgan fingerprint density at radius 2 is 2.10 bits per heavy atom. The van der Waals surface area contributed by atoms with E-state index in [1.165, 1.54) is 11.3 Å². The summed E-state index contributed by atoms with van der Waals surface area (Å²) in [6.07, 6.45) is 1.91. The van der Waals surface area contributed by atoms with Crippen molar-refractivity contribution in [1.82, 2.24) is 14.8 Å². The normalized spacial score (nSPS) is 16.3. The molecule has 1 aliphatic heterocycles. The molecule has 9 heteroatoms. The van der Waals surface area contributed by atoms with Crippen LogP contribution in [0.25, 0.3) is 10.2 Å². The third kappa shape index (κ3) is 3.67. The molecule has 4 rings (SSSR count). The largest absolute Gasteiger partial charge is 0.495 e. The van der Waals surface area contributed by atoms with Crippen LogP contribution >= 0.6 is 11.3 Å². The van der Waals surface area contributed by atoms with Gasteiger partial charge < -0.3 is 14.2 Å². The minimum absolute atomic E-state index is 0.0101. The predicted octanol–water partition coefficient (Wildman–Crippen LogP) is 3.18. The Kier molecular flexibility index (Phi) is 5.42. The fraction of sp³-hybridized carbons (Fsp3) is 0.450. The van der Waals surface area contributed by atoms with Crippen molar-refractivity contribution in [2.75, 3.05) is 32.3 Å². The SMILES string of the molecule is COc1ccc(OC)c2sc(N(C[C@@H]3CCCO3)C(=O)c3cc(C)nn3C)nc12. The fourth-order valence-electron chi connectivity index (χ4n) is 3.58. The van der Waals surface area contributed by atoms with E-state index < -0.39 is 0 Å². The quantitative estimate of drug-likeness (QED) is 0.614. The summed E-state index contributed by atoms with van der Waals surface area (Å²) < 4.78 is 19.2. The van der Waals surface area contributed by atoms with Crippen molar-refractivity contribution in [2.24, 2.45) is 7.05 Å². The Morgan fingerprint density at radius 3 is 2.72 bits per heavy atom. The van der Waals surface area contributed by atoms with Gasteiger partial charge in [0.2, 0.25) is 0 Å². The van der Waals surface area contributed by atoms with Crippen LogP contribution in [0.1, 0.15) is 29.0 Å². The number of nitrogens with zero attached hydrogens (tertiary/aromatic N) is 4. The van der Waals surface area contributed by atoms with E-state index in [1.54, 1.807) is 36.9 Å². The van der Waals surface area contributed by atoms with Gasteiger partial charge in [-0.15, -0.1) is 0 Å². The van der Waals surface area contributed by atoms with Crippen LogP contribution in [0, 0.1) is 6.92 Å². The second-order valence-corrected chi connectivity index (χ2v) is 7.97. The first-order valence-electron chi connectivity index (χ1n) is 9.47. The highest BCUT2D eigenvalue weighted by Gasteiger charge is 2.29. The number of methoxy groups -OCH3 is 2. The number of aromatic nitrogens is 3. The molecule has 3 heterocycles. The number of thiazole rings is 1. The number of aryl methyl sites for hydroxylation is 2. The van der Waals surface area contributed by atoms with Gasteiger partial charge >= 0.3 is 0 Å². The molecule has 1 atom stereocenters. The van der Waals surface area contributed by atoms with Crippen LogP contribution in [0.5, 0.6) is 11.5 Å². The van der Waals surface area contributed by atoms with Crippen molar-refractivity contribution in [3.05, 3.63) is 29.6 Å². The first-order valence-corrected chi connectivity index (χ1v) is 10.3. The lowest BCUT2D eigenvalue weighted by molar-refractivity contribution is 0.0909. The summed E-state index contributed by atoms with van der Waals surface area (Å²) in [7, 11) is 5.00. The summed E-state index contributed by atoms with van der Waals surface area (Å²) in [5, 5.41) is 4.90. The van der Waals surface area contributed by atoms with Gasteiger partial charge in [0.05, 0.1) is 32.6 Å². The van der Waals surface area contributed by atoms with Crippen molar-refractivity contribution in [1.29, 1.82) is 0 Å². The highest BCUT2D eigenvalue weighted by atomic mass is 32.1. The summed E-state index contributed by atoms with van der Waals surface area (Å²) in [5.74, 6) is 1.19. The van der Waals surface area contributed by atoms with Crippen LogP contribution in [-0.4, -0.2) is 54.1 Å². The van der Waals surface area contributed by atoms with E-state index >= 15 is 0 Å². The van der Waals surface area contributed by atoms with E-state index in [1.807, 2.05) is 19.1 Å². The van der Waals surface area contributed by atoms with Crippen LogP contribution in [-0.2, 0) is 11.8 Å². The third-order valence-electron chi connectivity index (χ3n) is 5.01. The molecule has 1 aromatic carbocycles. The molecule has 154 valence electrons. The first kappa shape index (κ1) is 19.7. The van der Waals surface area contributed by atoms with Gasteiger partial charge in [0, 0.05) is 13.7 Å². The molecule has 0 unspecified atom stereocenters. The lowest BCUT2D eigenvalue weighted by Crippen LogP contribution is -2.38. The number of anilines is 1. The molecule has 1 aliphatic rings. The number of carbonyl (C=O) groups excluding carboxylic acids is 1. The second kappa shape index (κ2) is 8.00. The van der Waals surface area contributed by atoms with Gasteiger partial charge in [-0.05, 0) is 38.0 Å². The Morgan fingerprint density at radius 1 is 1.34 bits per heavy atom. The van der Waals surface area contributed by atoms with Crippen molar-refractivity contribution >= 4 is 32.6 Å². The monoisotopic (exact) mass is 416 g/mol. The summed E-state index contributed by atoms with van der Waals surface area (Å²) >= 11 is 1.41. The van der Waals surface area contributed by atoms with Gasteiger partial charge in [0.15, 0.2) is 5.13 Å². The van der Waals surface area contributed by atoms with E-state index in [9.17, 15) is 4.79 Å². The zero-order valence-electron chi connectivity index (χ0n) is 17.0. The maximum absolute atomic E-state index is 13.5. The van der Waals surface area contributed by atoms with E-state index in [0.717, 1.165) is 29.8 Å². The molecule has 3 aromatic rings. The van der Waals surface area contributed by atoms with E-state index in [4.69, 9.17) is 19.2 Å². The standard InChI is InChI=1S/C20H24N4O4S/c1-12-10-14(23(2)22-12)19(25)24(11-13-6-5-9-28-13)20-21-17-15(26-3)7-8-16(27-4)18(17)29-20/h7-8,10,13H,5-6,9,11H2,1-4H3/t13-/m0/s1. The van der Waals surface area contributed by atoms with Gasteiger partial charge in [-0.3, -0.25) is 14.4 Å². The summed E-state index contributed by atoms with van der Waals surface area (Å²) in [5.41, 5.74) is 1.98. The number of amides is 1. The molecule has 0 aliphatic carbocycles. The molecule has 29 heavy (non-hydrogen) atoms. The molecule has 2 aromatic heterocycles. The lowest BCUT2D eigenvalue weighted by atomic mass is 10.2. The van der Waals surface area contributed by atoms with Gasteiger partial charge in [-0.1, -0.05) is 11.3 Å². The van der Waals surface area contributed by atoms with E-state index in [2.05, 4.69) is 5.10 Å². The van der Waals surface area contributed by atoms with Crippen molar-refractivity contribution < 1.29 is 19.0 Å². The van der Waals surface area contributed by atoms with Crippen LogP contribution in [0.2, 0.25) is 0 Å². The van der Waals surface area contributed by atoms with Gasteiger partial charge in [-0.25, -0.2) is 4.98 Å². The Bertz CT molecular complexity index is 998. The molecule has 0 radical (unpaired) electrons. The summed E-state index contributed by atoms with van der Waals surface area (Å²) in [6.45, 7) is 3.03. The molecule has 0 bridgehead atoms. The average molecular weight is 417 g/mol. The maximum atomic E-state index is 13.5. The Labute approximate surface area is 173 Å². The first-order chi connectivity index (χ1) is 14.0. The van der Waals surface area contributed by atoms with Crippen molar-refractivity contribution in [3.63, 3.8) is 0 Å². The highest BCUT2D eigenvalue weighted by Crippen LogP contribution is 2.40. The minimum atomic E-state index is -0.152. The van der Waals surface area contributed by atoms with Crippen LogP contribution in [0.4, 0.5) is 5.13 Å². The number of benzene rings is 1. The molecule has 1 amide bonds. The van der Waals surface area contributed by atoms with Crippen LogP contribution < -0.4 is 14.4 Å². The molecule has 0 N–H and O–H groups in total. The highest BCUT2D eigenvalue weighted by molar-refractivity contribution is 7.22. The molecular formula is C20H24N4O4S. The zero-order chi connectivity index (χ0) is 20.5. The third-order valence-corrected chi connectivity index (χ3v) is 6.10. The number of carbonyl (C=O) groups is 1. The Hall–Kier alpha value is -2.65. The maximum Gasteiger partial charge on any atom is 0.278 e. The molecule has 8 nitrogen and oxygen atoms in total. The van der Waals surface area contributed by atoms with E-state index in [-0.39, 0.29) is 12.0 Å². The second-order valence-electron chi connectivity index (χ2n) is 6.99. The number of ether oxygens (including phenoxy) is 3. The molecule has 0 saturated carbocycles. The van der Waals surface area contributed by atoms with Gasteiger partial charge in [0.25, 0.3) is 5.91 Å². The topological polar surface area (TPSA) is 78.7 Å². The zero-order valence-corrected chi connectivity index (χ0v) is 17.8. The van der Waals surface area contributed by atoms with Gasteiger partial charge in [-0.2, -0.15) is 5.10 Å². The summed E-state index contributed by atoms with van der Waals surface area (Å²) in [4.78, 5) is 19.9. The molecule has 1 fully saturated rings. The predicted molar refractivity (Wildman–Crippen MR) is 111 cm³/mol. The minimum Gasteiger partial charge on any atom is -0.495 e. The van der Waals surface area contributed by atoms with Crippen LogP contribution in [0.3, 0.4) is 0 Å². The number of fused-ring (bicyclic) bond motifs is 1. The van der Waals surface area contributed by atoms with Crippen molar-refractivity contribution in [3.8, 4) is 11.5 Å². The lowest BCUT2D eigenvalue weighted by Gasteiger charge is -2.23. The smallest absolute Gasteiger partial charge is 0.278 e. The van der Waals surface area contributed by atoms with Crippen molar-refractivity contribution in [2.45, 2.75) is 25.9 Å². The number of hydrogen-bond acceptors (Lipinski definition) is 7. The average Bonchev–Trinajstić information content (AvgIpc) is 3.44. The van der Waals surface area contributed by atoms with E-state index in [0.29, 0.717) is 34.4 Å². The molecule has 1 saturated heterocycles. The fourth-order valence-corrected chi connectivity index (χ4v) is 4.66. The molecular weight excluding hydrogens is 392 g/mol. The van der Waals surface area contributed by atoms with Gasteiger partial charge in [0.1, 0.15) is 27.4 Å². The molecule has 0 spiro atoms. The summed E-state index contributed by atoms with van der Waals surface area (Å²) in [6, 6.07) is 5.46. The number of rotatable bonds is 6.